The molecule has 1 atom stereocenters. The Balaban J connectivity index is 1.82. The number of methoxy groups -OCH3 is 1. The normalized spacial score (nSPS) is 12.3. The topological polar surface area (TPSA) is 85.4 Å². The molecule has 0 radical (unpaired) electrons. The average Bonchev–Trinajstić information content (AvgIpc) is 2.98. The van der Waals surface area contributed by atoms with Crippen LogP contribution in [0.1, 0.15) is 39.1 Å². The van der Waals surface area contributed by atoms with Gasteiger partial charge >= 0.3 is 6.09 Å². The third-order valence-corrected chi connectivity index (χ3v) is 3.97. The lowest BCUT2D eigenvalue weighted by Gasteiger charge is -2.21. The summed E-state index contributed by atoms with van der Waals surface area (Å²) in [4.78, 5) is 16.2. The number of hydrogen-bond acceptors (Lipinski definition) is 7. The Labute approximate surface area is 158 Å². The van der Waals surface area contributed by atoms with Gasteiger partial charge in [0.1, 0.15) is 17.2 Å². The number of carbonyl (C=O) groups is 1. The largest absolute Gasteiger partial charge is 0.497 e. The molecule has 2 rings (SSSR count). The number of rotatable bonds is 7. The Morgan fingerprint density at radius 3 is 2.81 bits per heavy atom. The summed E-state index contributed by atoms with van der Waals surface area (Å²) in [6.07, 6.45) is 0.210. The maximum atomic E-state index is 11.7. The molecule has 0 aliphatic rings. The zero-order valence-corrected chi connectivity index (χ0v) is 16.6. The lowest BCUT2D eigenvalue weighted by atomic mass is 10.1. The molecule has 0 fully saturated rings. The van der Waals surface area contributed by atoms with Crippen LogP contribution in [0.25, 0.3) is 0 Å². The zero-order valence-electron chi connectivity index (χ0n) is 15.8. The molecular formula is C18H26N4O3S. The van der Waals surface area contributed by atoms with Gasteiger partial charge in [0.2, 0.25) is 5.13 Å². The second-order valence-corrected chi connectivity index (χ2v) is 7.72. The van der Waals surface area contributed by atoms with Gasteiger partial charge in [-0.2, -0.15) is 4.37 Å². The summed E-state index contributed by atoms with van der Waals surface area (Å²) in [7, 11) is 1.65. The van der Waals surface area contributed by atoms with Crippen molar-refractivity contribution in [2.45, 2.75) is 45.8 Å². The molecule has 142 valence electrons. The molecule has 8 heteroatoms. The maximum Gasteiger partial charge on any atom is 0.407 e. The third-order valence-electron chi connectivity index (χ3n) is 3.29. The zero-order chi connectivity index (χ0) is 19.2. The number of carbonyl (C=O) groups excluding carboxylic acids is 1. The van der Waals surface area contributed by atoms with Crippen LogP contribution >= 0.6 is 11.5 Å². The van der Waals surface area contributed by atoms with E-state index in [0.717, 1.165) is 22.3 Å². The highest BCUT2D eigenvalue weighted by molar-refractivity contribution is 7.09. The van der Waals surface area contributed by atoms with Crippen molar-refractivity contribution >= 4 is 22.8 Å². The molecule has 0 aliphatic heterocycles. The van der Waals surface area contributed by atoms with Crippen LogP contribution in [0.4, 0.5) is 9.93 Å². The SMILES string of the molecule is COc1cccc(Cc2nsc(NC(C)CNC(=O)OC(C)(C)C)n2)c1. The van der Waals surface area contributed by atoms with E-state index in [1.54, 1.807) is 7.11 Å². The van der Waals surface area contributed by atoms with E-state index in [9.17, 15) is 4.79 Å². The van der Waals surface area contributed by atoms with Gasteiger partial charge in [0.25, 0.3) is 0 Å². The second kappa shape index (κ2) is 8.84. The molecule has 7 nitrogen and oxygen atoms in total. The number of benzene rings is 1. The van der Waals surface area contributed by atoms with Gasteiger partial charge < -0.3 is 20.1 Å². The van der Waals surface area contributed by atoms with Gasteiger partial charge in [0.05, 0.1) is 7.11 Å². The highest BCUT2D eigenvalue weighted by atomic mass is 32.1. The molecule has 0 saturated heterocycles. The molecule has 1 aromatic carbocycles. The predicted octanol–water partition coefficient (Wildman–Crippen LogP) is 3.46. The summed E-state index contributed by atoms with van der Waals surface area (Å²) in [6, 6.07) is 7.85. The van der Waals surface area contributed by atoms with Crippen LogP contribution in [0.5, 0.6) is 5.75 Å². The third kappa shape index (κ3) is 6.87. The number of nitrogens with zero attached hydrogens (tertiary/aromatic N) is 2. The molecule has 0 aliphatic carbocycles. The Bertz CT molecular complexity index is 727. The summed E-state index contributed by atoms with van der Waals surface area (Å²) < 4.78 is 14.8. The molecule has 1 amide bonds. The number of ether oxygens (including phenoxy) is 2. The average molecular weight is 378 g/mol. The van der Waals surface area contributed by atoms with Crippen molar-refractivity contribution in [1.82, 2.24) is 14.7 Å². The smallest absolute Gasteiger partial charge is 0.407 e. The Morgan fingerprint density at radius 2 is 2.12 bits per heavy atom. The van der Waals surface area contributed by atoms with Crippen molar-refractivity contribution in [2.24, 2.45) is 0 Å². The van der Waals surface area contributed by atoms with Crippen LogP contribution in [0.15, 0.2) is 24.3 Å². The van der Waals surface area contributed by atoms with Crippen LogP contribution in [-0.4, -0.2) is 40.7 Å². The van der Waals surface area contributed by atoms with Crippen molar-refractivity contribution in [3.05, 3.63) is 35.7 Å². The Morgan fingerprint density at radius 1 is 1.35 bits per heavy atom. The molecule has 0 spiro atoms. The van der Waals surface area contributed by atoms with Crippen LogP contribution < -0.4 is 15.4 Å². The van der Waals surface area contributed by atoms with Gasteiger partial charge in [-0.05, 0) is 45.4 Å². The summed E-state index contributed by atoms with van der Waals surface area (Å²) in [5.74, 6) is 1.57. The van der Waals surface area contributed by atoms with E-state index in [4.69, 9.17) is 9.47 Å². The molecule has 2 aromatic rings. The van der Waals surface area contributed by atoms with Crippen LogP contribution in [0.2, 0.25) is 0 Å². The molecule has 1 unspecified atom stereocenters. The minimum absolute atomic E-state index is 0.000127. The van der Waals surface area contributed by atoms with Gasteiger partial charge in [-0.1, -0.05) is 12.1 Å². The number of nitrogens with one attached hydrogen (secondary N) is 2. The Hall–Kier alpha value is -2.35. The molecule has 2 N–H and O–H groups in total. The number of amides is 1. The number of aromatic nitrogens is 2. The van der Waals surface area contributed by atoms with Gasteiger partial charge in [-0.15, -0.1) is 0 Å². The fourth-order valence-electron chi connectivity index (χ4n) is 2.16. The molecule has 0 bridgehead atoms. The molecule has 1 aromatic heterocycles. The summed E-state index contributed by atoms with van der Waals surface area (Å²) in [5, 5.41) is 6.70. The molecule has 0 saturated carbocycles. The molecule has 26 heavy (non-hydrogen) atoms. The first-order valence-corrected chi connectivity index (χ1v) is 9.21. The number of anilines is 1. The fourth-order valence-corrected chi connectivity index (χ4v) is 2.86. The maximum absolute atomic E-state index is 11.7. The summed E-state index contributed by atoms with van der Waals surface area (Å²) in [6.45, 7) is 7.89. The van der Waals surface area contributed by atoms with Crippen molar-refractivity contribution in [1.29, 1.82) is 0 Å². The number of alkyl carbamates (subject to hydrolysis) is 1. The summed E-state index contributed by atoms with van der Waals surface area (Å²) in [5.41, 5.74) is 0.586. The van der Waals surface area contributed by atoms with E-state index < -0.39 is 11.7 Å². The predicted molar refractivity (Wildman–Crippen MR) is 103 cm³/mol. The standard InChI is InChI=1S/C18H26N4O3S/c1-12(11-19-17(23)25-18(2,3)4)20-16-21-15(22-26-16)10-13-7-6-8-14(9-13)24-5/h6-9,12H,10-11H2,1-5H3,(H,19,23)(H,20,21,22). The van der Waals surface area contributed by atoms with Crippen LogP contribution in [0.3, 0.4) is 0 Å². The first-order valence-electron chi connectivity index (χ1n) is 8.44. The van der Waals surface area contributed by atoms with E-state index in [-0.39, 0.29) is 6.04 Å². The first kappa shape index (κ1) is 20.0. The van der Waals surface area contributed by atoms with Crippen molar-refractivity contribution in [2.75, 3.05) is 19.0 Å². The highest BCUT2D eigenvalue weighted by Crippen LogP contribution is 2.18. The van der Waals surface area contributed by atoms with E-state index in [2.05, 4.69) is 20.0 Å². The minimum Gasteiger partial charge on any atom is -0.497 e. The van der Waals surface area contributed by atoms with E-state index in [1.165, 1.54) is 11.5 Å². The Kier molecular flexibility index (Phi) is 6.79. The van der Waals surface area contributed by atoms with Gasteiger partial charge in [-0.25, -0.2) is 9.78 Å². The van der Waals surface area contributed by atoms with E-state index in [0.29, 0.717) is 13.0 Å². The second-order valence-electron chi connectivity index (χ2n) is 6.97. The van der Waals surface area contributed by atoms with Gasteiger partial charge in [-0.3, -0.25) is 0 Å². The number of hydrogen-bond donors (Lipinski definition) is 2. The highest BCUT2D eigenvalue weighted by Gasteiger charge is 2.16. The van der Waals surface area contributed by atoms with Crippen molar-refractivity contribution in [3.63, 3.8) is 0 Å². The van der Waals surface area contributed by atoms with E-state index >= 15 is 0 Å². The summed E-state index contributed by atoms with van der Waals surface area (Å²) >= 11 is 1.30. The van der Waals surface area contributed by atoms with Crippen molar-refractivity contribution in [3.8, 4) is 5.75 Å². The van der Waals surface area contributed by atoms with Gasteiger partial charge in [0, 0.05) is 30.5 Å². The monoisotopic (exact) mass is 378 g/mol. The lowest BCUT2D eigenvalue weighted by Crippen LogP contribution is -2.38. The molecular weight excluding hydrogens is 352 g/mol. The quantitative estimate of drug-likeness (QED) is 0.767. The molecule has 1 heterocycles. The minimum atomic E-state index is -0.505. The first-order chi connectivity index (χ1) is 12.2. The van der Waals surface area contributed by atoms with Gasteiger partial charge in [0.15, 0.2) is 0 Å². The lowest BCUT2D eigenvalue weighted by molar-refractivity contribution is 0.0526. The van der Waals surface area contributed by atoms with Crippen LogP contribution in [0, 0.1) is 0 Å². The van der Waals surface area contributed by atoms with E-state index in [1.807, 2.05) is 52.0 Å². The van der Waals surface area contributed by atoms with Crippen molar-refractivity contribution < 1.29 is 14.3 Å². The fraction of sp³-hybridized carbons (Fsp3) is 0.500. The van der Waals surface area contributed by atoms with Crippen LogP contribution in [-0.2, 0) is 11.2 Å².